The van der Waals surface area contributed by atoms with E-state index in [1.54, 1.807) is 0 Å². The van der Waals surface area contributed by atoms with Gasteiger partial charge in [0.1, 0.15) is 6.61 Å². The minimum Gasteiger partial charge on any atom is -0.481 e. The minimum absolute atomic E-state index is 0.0506. The van der Waals surface area contributed by atoms with Gasteiger partial charge in [-0.25, -0.2) is 0 Å². The summed E-state index contributed by atoms with van der Waals surface area (Å²) >= 11 is 0. The van der Waals surface area contributed by atoms with E-state index in [-0.39, 0.29) is 18.9 Å². The molecule has 0 radical (unpaired) electrons. The molecule has 1 heterocycles. The summed E-state index contributed by atoms with van der Waals surface area (Å²) < 4.78 is 5.56. The van der Waals surface area contributed by atoms with Crippen LogP contribution in [0.4, 0.5) is 0 Å². The third-order valence-corrected chi connectivity index (χ3v) is 4.00. The van der Waals surface area contributed by atoms with Gasteiger partial charge in [-0.3, -0.25) is 9.59 Å². The van der Waals surface area contributed by atoms with Crippen molar-refractivity contribution in [2.24, 2.45) is 0 Å². The first-order valence-electron chi connectivity index (χ1n) is 6.65. The van der Waals surface area contributed by atoms with Crippen LogP contribution in [0.3, 0.4) is 0 Å². The molecule has 1 aliphatic heterocycles. The maximum absolute atomic E-state index is 11.9. The van der Waals surface area contributed by atoms with Gasteiger partial charge < -0.3 is 14.7 Å². The summed E-state index contributed by atoms with van der Waals surface area (Å²) in [6.07, 6.45) is 5.05. The highest BCUT2D eigenvalue weighted by molar-refractivity contribution is 5.78. The van der Waals surface area contributed by atoms with Gasteiger partial charge in [0, 0.05) is 19.0 Å². The highest BCUT2D eigenvalue weighted by Gasteiger charge is 2.39. The number of morpholine rings is 1. The van der Waals surface area contributed by atoms with Crippen LogP contribution in [0, 0.1) is 0 Å². The Labute approximate surface area is 107 Å². The molecular weight excluding hydrogens is 234 g/mol. The fraction of sp³-hybridized carbons (Fsp3) is 0.846. The van der Waals surface area contributed by atoms with Crippen LogP contribution in [0.25, 0.3) is 0 Å². The number of nitrogens with zero attached hydrogens (tertiary/aromatic N) is 1. The lowest BCUT2D eigenvalue weighted by Crippen LogP contribution is -2.56. The number of ether oxygens (including phenoxy) is 1. The van der Waals surface area contributed by atoms with Crippen molar-refractivity contribution < 1.29 is 19.4 Å². The molecule has 1 saturated carbocycles. The number of carboxylic acids is 1. The first-order chi connectivity index (χ1) is 8.50. The van der Waals surface area contributed by atoms with E-state index >= 15 is 0 Å². The lowest BCUT2D eigenvalue weighted by atomic mass is 9.96. The lowest BCUT2D eigenvalue weighted by molar-refractivity contribution is -0.167. The minimum atomic E-state index is -0.816. The second-order valence-electron chi connectivity index (χ2n) is 5.59. The predicted molar refractivity (Wildman–Crippen MR) is 65.2 cm³/mol. The zero-order valence-corrected chi connectivity index (χ0v) is 10.9. The molecule has 1 N–H and O–H groups in total. The van der Waals surface area contributed by atoms with E-state index in [4.69, 9.17) is 9.84 Å². The van der Waals surface area contributed by atoms with E-state index in [9.17, 15) is 9.59 Å². The Bertz CT molecular complexity index is 338. The maximum atomic E-state index is 11.9. The fourth-order valence-electron chi connectivity index (χ4n) is 2.88. The van der Waals surface area contributed by atoms with Crippen LogP contribution < -0.4 is 0 Å². The summed E-state index contributed by atoms with van der Waals surface area (Å²) in [5, 5.41) is 8.75. The number of amides is 1. The first-order valence-corrected chi connectivity index (χ1v) is 6.65. The van der Waals surface area contributed by atoms with Crippen molar-refractivity contribution in [1.82, 2.24) is 4.90 Å². The first kappa shape index (κ1) is 13.3. The molecular formula is C13H21NO4. The number of carbonyl (C=O) groups is 2. The van der Waals surface area contributed by atoms with E-state index < -0.39 is 11.6 Å². The molecule has 1 aliphatic carbocycles. The number of hydrogen-bond acceptors (Lipinski definition) is 3. The molecule has 1 atom stereocenters. The Kier molecular flexibility index (Phi) is 3.90. The van der Waals surface area contributed by atoms with Gasteiger partial charge in [0.05, 0.1) is 5.60 Å². The monoisotopic (exact) mass is 255 g/mol. The number of rotatable bonds is 4. The summed E-state index contributed by atoms with van der Waals surface area (Å²) in [6, 6.07) is 0.338. The van der Waals surface area contributed by atoms with E-state index in [1.165, 1.54) is 12.8 Å². The Morgan fingerprint density at radius 3 is 2.78 bits per heavy atom. The average molecular weight is 255 g/mol. The number of carbonyl (C=O) groups excluding carboxylic acids is 1. The van der Waals surface area contributed by atoms with Crippen LogP contribution in [-0.4, -0.2) is 46.7 Å². The lowest BCUT2D eigenvalue weighted by Gasteiger charge is -2.42. The van der Waals surface area contributed by atoms with E-state index in [0.717, 1.165) is 12.8 Å². The van der Waals surface area contributed by atoms with Crippen molar-refractivity contribution in [2.75, 3.05) is 13.2 Å². The van der Waals surface area contributed by atoms with Crippen LogP contribution in [0.2, 0.25) is 0 Å². The molecule has 18 heavy (non-hydrogen) atoms. The van der Waals surface area contributed by atoms with Crippen molar-refractivity contribution in [1.29, 1.82) is 0 Å². The SMILES string of the molecule is CC1(CCC(=O)O)CN(C2CCCC2)C(=O)CO1. The van der Waals surface area contributed by atoms with E-state index in [0.29, 0.717) is 19.0 Å². The van der Waals surface area contributed by atoms with Gasteiger partial charge in [0.15, 0.2) is 0 Å². The van der Waals surface area contributed by atoms with Gasteiger partial charge in [-0.1, -0.05) is 12.8 Å². The average Bonchev–Trinajstić information content (AvgIpc) is 2.84. The van der Waals surface area contributed by atoms with Gasteiger partial charge >= 0.3 is 5.97 Å². The van der Waals surface area contributed by atoms with Crippen molar-refractivity contribution in [3.05, 3.63) is 0 Å². The van der Waals surface area contributed by atoms with Crippen molar-refractivity contribution in [3.63, 3.8) is 0 Å². The van der Waals surface area contributed by atoms with Gasteiger partial charge in [-0.05, 0) is 26.2 Å². The highest BCUT2D eigenvalue weighted by atomic mass is 16.5. The third-order valence-electron chi connectivity index (χ3n) is 4.00. The summed E-state index contributed by atoms with van der Waals surface area (Å²) in [7, 11) is 0. The number of carboxylic acid groups (broad SMARTS) is 1. The van der Waals surface area contributed by atoms with E-state index in [1.807, 2.05) is 11.8 Å². The van der Waals surface area contributed by atoms with E-state index in [2.05, 4.69) is 0 Å². The largest absolute Gasteiger partial charge is 0.481 e. The molecule has 5 heteroatoms. The normalized spacial score (nSPS) is 29.8. The molecule has 5 nitrogen and oxygen atoms in total. The molecule has 2 rings (SSSR count). The number of aliphatic carboxylic acids is 1. The standard InChI is InChI=1S/C13H21NO4/c1-13(7-6-12(16)17)9-14(11(15)8-18-13)10-4-2-3-5-10/h10H,2-9H2,1H3,(H,16,17). The second-order valence-corrected chi connectivity index (χ2v) is 5.59. The maximum Gasteiger partial charge on any atom is 0.303 e. The van der Waals surface area contributed by atoms with Crippen molar-refractivity contribution >= 4 is 11.9 Å². The zero-order chi connectivity index (χ0) is 13.2. The molecule has 2 fully saturated rings. The molecule has 2 aliphatic rings. The zero-order valence-electron chi connectivity index (χ0n) is 10.9. The number of hydrogen-bond donors (Lipinski definition) is 1. The van der Waals surface area contributed by atoms with Crippen LogP contribution in [-0.2, 0) is 14.3 Å². The van der Waals surface area contributed by atoms with Gasteiger partial charge in [0.25, 0.3) is 0 Å². The molecule has 0 aromatic rings. The summed E-state index contributed by atoms with van der Waals surface area (Å²) in [5.41, 5.74) is -0.505. The Morgan fingerprint density at radius 2 is 2.17 bits per heavy atom. The molecule has 102 valence electrons. The summed E-state index contributed by atoms with van der Waals surface area (Å²) in [6.45, 7) is 2.53. The third kappa shape index (κ3) is 3.02. The topological polar surface area (TPSA) is 66.8 Å². The smallest absolute Gasteiger partial charge is 0.303 e. The molecule has 0 spiro atoms. The molecule has 1 saturated heterocycles. The molecule has 1 unspecified atom stereocenters. The highest BCUT2D eigenvalue weighted by Crippen LogP contribution is 2.30. The quantitative estimate of drug-likeness (QED) is 0.824. The Balaban J connectivity index is 1.98. The van der Waals surface area contributed by atoms with Gasteiger partial charge in [-0.15, -0.1) is 0 Å². The molecule has 0 bridgehead atoms. The molecule has 0 aromatic carbocycles. The van der Waals surface area contributed by atoms with Crippen LogP contribution >= 0.6 is 0 Å². The summed E-state index contributed by atoms with van der Waals surface area (Å²) in [4.78, 5) is 24.5. The van der Waals surface area contributed by atoms with Crippen LogP contribution in [0.1, 0.15) is 45.4 Å². The Morgan fingerprint density at radius 1 is 1.50 bits per heavy atom. The second kappa shape index (κ2) is 5.26. The van der Waals surface area contributed by atoms with Gasteiger partial charge in [-0.2, -0.15) is 0 Å². The van der Waals surface area contributed by atoms with Crippen LogP contribution in [0.15, 0.2) is 0 Å². The Hall–Kier alpha value is -1.10. The van der Waals surface area contributed by atoms with Crippen molar-refractivity contribution in [3.8, 4) is 0 Å². The van der Waals surface area contributed by atoms with Crippen molar-refractivity contribution in [2.45, 2.75) is 57.1 Å². The fourth-order valence-corrected chi connectivity index (χ4v) is 2.88. The van der Waals surface area contributed by atoms with Gasteiger partial charge in [0.2, 0.25) is 5.91 Å². The summed E-state index contributed by atoms with van der Waals surface area (Å²) in [5.74, 6) is -0.765. The molecule has 1 amide bonds. The molecule has 0 aromatic heterocycles. The predicted octanol–water partition coefficient (Wildman–Crippen LogP) is 1.41. The van der Waals surface area contributed by atoms with Crippen LogP contribution in [0.5, 0.6) is 0 Å².